The number of nitrogens with zero attached hydrogens (tertiary/aromatic N) is 2. The van der Waals surface area contributed by atoms with E-state index in [2.05, 4.69) is 47.4 Å². The van der Waals surface area contributed by atoms with Crippen molar-refractivity contribution in [2.24, 2.45) is 0 Å². The first-order valence-corrected chi connectivity index (χ1v) is 10.1. The summed E-state index contributed by atoms with van der Waals surface area (Å²) in [5.74, 6) is 0.272. The Hall–Kier alpha value is -2.17. The third-order valence-corrected chi connectivity index (χ3v) is 6.97. The molecule has 6 rings (SSSR count). The molecule has 27 heavy (non-hydrogen) atoms. The summed E-state index contributed by atoms with van der Waals surface area (Å²) < 4.78 is 6.23. The third kappa shape index (κ3) is 2.20. The van der Waals surface area contributed by atoms with E-state index in [4.69, 9.17) is 4.74 Å². The van der Waals surface area contributed by atoms with Gasteiger partial charge in [-0.15, -0.1) is 0 Å². The Morgan fingerprint density at radius 2 is 1.96 bits per heavy atom. The van der Waals surface area contributed by atoms with Gasteiger partial charge in [-0.1, -0.05) is 42.5 Å². The van der Waals surface area contributed by atoms with E-state index >= 15 is 0 Å². The fraction of sp³-hybridized carbons (Fsp3) is 0.435. The van der Waals surface area contributed by atoms with Crippen LogP contribution in [0.15, 0.2) is 42.5 Å². The molecule has 2 atom stereocenters. The van der Waals surface area contributed by atoms with Gasteiger partial charge in [-0.2, -0.15) is 0 Å². The molecule has 3 saturated heterocycles. The van der Waals surface area contributed by atoms with Crippen molar-refractivity contribution in [1.82, 2.24) is 9.80 Å². The number of hydrogen-bond donors (Lipinski definition) is 0. The van der Waals surface area contributed by atoms with Gasteiger partial charge in [0.1, 0.15) is 0 Å². The van der Waals surface area contributed by atoms with Crippen LogP contribution in [0.2, 0.25) is 0 Å². The van der Waals surface area contributed by atoms with Gasteiger partial charge in [0.25, 0.3) is 0 Å². The molecular formula is C23H24N2O2. The summed E-state index contributed by atoms with van der Waals surface area (Å²) in [5, 5.41) is 0. The summed E-state index contributed by atoms with van der Waals surface area (Å²) in [6.07, 6.45) is 3.55. The summed E-state index contributed by atoms with van der Waals surface area (Å²) in [6, 6.07) is 15.8. The average molecular weight is 360 g/mol. The molecule has 4 nitrogen and oxygen atoms in total. The minimum absolute atomic E-state index is 0.204. The summed E-state index contributed by atoms with van der Waals surface area (Å²) in [7, 11) is 0. The first-order valence-electron chi connectivity index (χ1n) is 10.1. The minimum Gasteiger partial charge on any atom is -0.354 e. The van der Waals surface area contributed by atoms with E-state index in [1.165, 1.54) is 27.8 Å². The molecule has 0 N–H and O–H groups in total. The maximum Gasteiger partial charge on any atom is 0.226 e. The lowest BCUT2D eigenvalue weighted by atomic mass is 10.0. The molecule has 0 unspecified atom stereocenters. The molecule has 3 aliphatic heterocycles. The Morgan fingerprint density at radius 3 is 2.93 bits per heavy atom. The van der Waals surface area contributed by atoms with Crippen molar-refractivity contribution in [1.29, 1.82) is 0 Å². The molecular weight excluding hydrogens is 336 g/mol. The van der Waals surface area contributed by atoms with E-state index in [1.54, 1.807) is 0 Å². The molecule has 1 aliphatic carbocycles. The van der Waals surface area contributed by atoms with Crippen LogP contribution < -0.4 is 0 Å². The monoisotopic (exact) mass is 360 g/mol. The van der Waals surface area contributed by atoms with Crippen molar-refractivity contribution in [2.75, 3.05) is 19.7 Å². The predicted octanol–water partition coefficient (Wildman–Crippen LogP) is 3.18. The number of amides is 1. The van der Waals surface area contributed by atoms with Crippen molar-refractivity contribution in [2.45, 2.75) is 44.0 Å². The van der Waals surface area contributed by atoms with E-state index in [0.717, 1.165) is 45.5 Å². The molecule has 2 aromatic carbocycles. The SMILES string of the molecule is O=C1C[C@H]2N(Cc3ccc4c(c3)Cc3ccccc3-4)CC[C@]23OCCCN13. The Kier molecular flexibility index (Phi) is 3.32. The van der Waals surface area contributed by atoms with Crippen LogP contribution >= 0.6 is 0 Å². The van der Waals surface area contributed by atoms with E-state index in [-0.39, 0.29) is 17.7 Å². The number of ether oxygens (including phenoxy) is 1. The Balaban J connectivity index is 1.27. The lowest BCUT2D eigenvalue weighted by Crippen LogP contribution is -2.56. The molecule has 3 fully saturated rings. The van der Waals surface area contributed by atoms with Crippen LogP contribution in [-0.4, -0.2) is 47.2 Å². The van der Waals surface area contributed by atoms with Crippen molar-refractivity contribution in [3.8, 4) is 11.1 Å². The molecule has 2 aromatic rings. The highest BCUT2D eigenvalue weighted by Crippen LogP contribution is 2.45. The van der Waals surface area contributed by atoms with E-state index in [1.807, 2.05) is 4.90 Å². The van der Waals surface area contributed by atoms with Crippen LogP contribution in [0.25, 0.3) is 11.1 Å². The van der Waals surface area contributed by atoms with Gasteiger partial charge in [0.15, 0.2) is 5.72 Å². The summed E-state index contributed by atoms with van der Waals surface area (Å²) in [5.41, 5.74) is 6.62. The zero-order valence-corrected chi connectivity index (χ0v) is 15.5. The van der Waals surface area contributed by atoms with Gasteiger partial charge in [0, 0.05) is 32.5 Å². The number of rotatable bonds is 2. The highest BCUT2D eigenvalue weighted by atomic mass is 16.5. The number of likely N-dealkylation sites (tertiary alicyclic amines) is 1. The van der Waals surface area contributed by atoms with Crippen molar-refractivity contribution in [3.63, 3.8) is 0 Å². The van der Waals surface area contributed by atoms with Crippen LogP contribution in [0, 0.1) is 0 Å². The van der Waals surface area contributed by atoms with Crippen LogP contribution in [-0.2, 0) is 22.5 Å². The molecule has 4 heteroatoms. The minimum atomic E-state index is -0.345. The Labute approximate surface area is 159 Å². The number of benzene rings is 2. The normalized spacial score (nSPS) is 28.8. The van der Waals surface area contributed by atoms with Crippen molar-refractivity contribution in [3.05, 3.63) is 59.2 Å². The molecule has 1 amide bonds. The third-order valence-electron chi connectivity index (χ3n) is 6.97. The largest absolute Gasteiger partial charge is 0.354 e. The highest BCUT2D eigenvalue weighted by Gasteiger charge is 2.60. The molecule has 138 valence electrons. The van der Waals surface area contributed by atoms with Crippen LogP contribution in [0.5, 0.6) is 0 Å². The second kappa shape index (κ2) is 5.66. The lowest BCUT2D eigenvalue weighted by Gasteiger charge is -2.42. The first kappa shape index (κ1) is 15.8. The fourth-order valence-electron chi connectivity index (χ4n) is 5.75. The van der Waals surface area contributed by atoms with Crippen LogP contribution in [0.3, 0.4) is 0 Å². The standard InChI is InChI=1S/C23H24N2O2/c26-22-14-21-23(25(22)9-3-11-27-23)8-10-24(21)15-16-6-7-20-18(12-16)13-17-4-1-2-5-19(17)20/h1-2,4-7,12,21H,3,8-11,13-15H2/t21-,23+/m1/s1. The fourth-order valence-corrected chi connectivity index (χ4v) is 5.75. The van der Waals surface area contributed by atoms with Gasteiger partial charge in [-0.05, 0) is 40.7 Å². The maximum atomic E-state index is 12.5. The molecule has 0 saturated carbocycles. The topological polar surface area (TPSA) is 32.8 Å². The summed E-state index contributed by atoms with van der Waals surface area (Å²) >= 11 is 0. The smallest absolute Gasteiger partial charge is 0.226 e. The zero-order valence-electron chi connectivity index (χ0n) is 15.5. The molecule has 0 radical (unpaired) electrons. The second-order valence-corrected chi connectivity index (χ2v) is 8.36. The molecule has 0 aromatic heterocycles. The van der Waals surface area contributed by atoms with Gasteiger partial charge in [-0.25, -0.2) is 0 Å². The number of fused-ring (bicyclic) bond motifs is 3. The van der Waals surface area contributed by atoms with Gasteiger partial charge in [-0.3, -0.25) is 9.69 Å². The number of hydrogen-bond acceptors (Lipinski definition) is 3. The average Bonchev–Trinajstić information content (AvgIpc) is 3.30. The molecule has 1 spiro atoms. The first-order chi connectivity index (χ1) is 13.2. The lowest BCUT2D eigenvalue weighted by molar-refractivity contribution is -0.180. The van der Waals surface area contributed by atoms with E-state index in [0.29, 0.717) is 6.42 Å². The Bertz CT molecular complexity index is 940. The molecule has 3 heterocycles. The molecule has 4 aliphatic rings. The van der Waals surface area contributed by atoms with E-state index < -0.39 is 0 Å². The van der Waals surface area contributed by atoms with Gasteiger partial charge < -0.3 is 9.64 Å². The van der Waals surface area contributed by atoms with Gasteiger partial charge in [0.2, 0.25) is 5.91 Å². The van der Waals surface area contributed by atoms with Crippen LogP contribution in [0.4, 0.5) is 0 Å². The predicted molar refractivity (Wildman–Crippen MR) is 103 cm³/mol. The van der Waals surface area contributed by atoms with Crippen molar-refractivity contribution < 1.29 is 9.53 Å². The summed E-state index contributed by atoms with van der Waals surface area (Å²) in [4.78, 5) is 17.0. The number of carbonyl (C=O) groups excluding carboxylic acids is 1. The Morgan fingerprint density at radius 1 is 1.07 bits per heavy atom. The van der Waals surface area contributed by atoms with Gasteiger partial charge in [0.05, 0.1) is 12.6 Å². The van der Waals surface area contributed by atoms with Crippen molar-refractivity contribution >= 4 is 5.91 Å². The van der Waals surface area contributed by atoms with Gasteiger partial charge >= 0.3 is 0 Å². The number of carbonyl (C=O) groups is 1. The summed E-state index contributed by atoms with van der Waals surface area (Å²) in [6.45, 7) is 3.55. The van der Waals surface area contributed by atoms with E-state index in [9.17, 15) is 4.79 Å². The van der Waals surface area contributed by atoms with Crippen LogP contribution in [0.1, 0.15) is 36.0 Å². The zero-order chi connectivity index (χ0) is 18.0. The second-order valence-electron chi connectivity index (χ2n) is 8.36. The molecule has 0 bridgehead atoms. The quantitative estimate of drug-likeness (QED) is 0.704. The maximum absolute atomic E-state index is 12.5. The highest BCUT2D eigenvalue weighted by molar-refractivity contribution is 5.81.